The Morgan fingerprint density at radius 1 is 0.700 bits per heavy atom. The van der Waals surface area contributed by atoms with Crippen LogP contribution < -0.4 is 21.7 Å². The fraction of sp³-hybridized carbons (Fsp3) is 0.346. The molecule has 0 bridgehead atoms. The van der Waals surface area contributed by atoms with Crippen LogP contribution in [-0.4, -0.2) is 85.5 Å². The van der Waals surface area contributed by atoms with Crippen molar-refractivity contribution in [3.8, 4) is 11.5 Å². The lowest BCUT2D eigenvalue weighted by molar-refractivity contribution is -0.147. The monoisotopic (exact) mass is 560 g/mol. The van der Waals surface area contributed by atoms with E-state index < -0.39 is 66.4 Å². The minimum atomic E-state index is -1.79. The summed E-state index contributed by atoms with van der Waals surface area (Å²) in [6.07, 6.45) is -2.47. The lowest BCUT2D eigenvalue weighted by Crippen LogP contribution is -2.59. The largest absolute Gasteiger partial charge is 0.508 e. The molecule has 3 amide bonds. The molecule has 0 saturated heterocycles. The number of aliphatic hydroxyl groups is 1. The SMILES string of the molecule is CC(O)C(N)C(=O)NC(Cc1ccc(O)cc1)C(=O)NC(Cc1ccc(O)cc1)C(=O)NC(CC(=O)O)C(=O)O. The van der Waals surface area contributed by atoms with E-state index in [-0.39, 0.29) is 24.3 Å². The van der Waals surface area contributed by atoms with Crippen LogP contribution >= 0.6 is 0 Å². The molecule has 5 unspecified atom stereocenters. The van der Waals surface area contributed by atoms with Crippen LogP contribution in [0.2, 0.25) is 0 Å². The summed E-state index contributed by atoms with van der Waals surface area (Å²) in [7, 11) is 0. The van der Waals surface area contributed by atoms with Gasteiger partial charge in [0.2, 0.25) is 17.7 Å². The molecule has 5 atom stereocenters. The van der Waals surface area contributed by atoms with Crippen molar-refractivity contribution in [2.24, 2.45) is 5.73 Å². The fourth-order valence-electron chi connectivity index (χ4n) is 3.56. The Morgan fingerprint density at radius 3 is 1.43 bits per heavy atom. The van der Waals surface area contributed by atoms with Gasteiger partial charge in [-0.25, -0.2) is 4.79 Å². The number of phenols is 2. The van der Waals surface area contributed by atoms with Crippen LogP contribution in [0.3, 0.4) is 0 Å². The number of aliphatic hydroxyl groups excluding tert-OH is 1. The summed E-state index contributed by atoms with van der Waals surface area (Å²) >= 11 is 0. The number of carbonyl (C=O) groups is 5. The first-order chi connectivity index (χ1) is 18.8. The van der Waals surface area contributed by atoms with Crippen LogP contribution in [0, 0.1) is 0 Å². The third-order valence-corrected chi connectivity index (χ3v) is 5.83. The Kier molecular flexibility index (Phi) is 11.4. The van der Waals surface area contributed by atoms with Crippen molar-refractivity contribution in [3.63, 3.8) is 0 Å². The topological polar surface area (TPSA) is 249 Å². The van der Waals surface area contributed by atoms with E-state index in [0.29, 0.717) is 11.1 Å². The molecule has 0 spiro atoms. The Balaban J connectivity index is 2.35. The Bertz CT molecular complexity index is 1200. The van der Waals surface area contributed by atoms with E-state index in [1.165, 1.54) is 55.5 Å². The average molecular weight is 561 g/mol. The van der Waals surface area contributed by atoms with Crippen LogP contribution in [0.15, 0.2) is 48.5 Å². The molecular weight excluding hydrogens is 528 g/mol. The van der Waals surface area contributed by atoms with Crippen LogP contribution in [0.4, 0.5) is 0 Å². The van der Waals surface area contributed by atoms with Gasteiger partial charge in [-0.15, -0.1) is 0 Å². The summed E-state index contributed by atoms with van der Waals surface area (Å²) in [6.45, 7) is 1.29. The van der Waals surface area contributed by atoms with Gasteiger partial charge in [-0.2, -0.15) is 0 Å². The number of benzene rings is 2. The molecule has 2 aromatic rings. The number of aliphatic carboxylic acids is 2. The predicted octanol–water partition coefficient (Wildman–Crippen LogP) is -1.40. The van der Waals surface area contributed by atoms with Gasteiger partial charge in [-0.3, -0.25) is 19.2 Å². The molecule has 0 aromatic heterocycles. The lowest BCUT2D eigenvalue weighted by Gasteiger charge is -2.25. The molecule has 40 heavy (non-hydrogen) atoms. The van der Waals surface area contributed by atoms with Crippen molar-refractivity contribution in [3.05, 3.63) is 59.7 Å². The zero-order valence-electron chi connectivity index (χ0n) is 21.5. The van der Waals surface area contributed by atoms with E-state index in [1.807, 2.05) is 0 Å². The van der Waals surface area contributed by atoms with E-state index in [4.69, 9.17) is 10.8 Å². The highest BCUT2D eigenvalue weighted by Crippen LogP contribution is 2.14. The van der Waals surface area contributed by atoms with Crippen LogP contribution in [0.1, 0.15) is 24.5 Å². The number of carboxylic acids is 2. The molecule has 0 aliphatic rings. The zero-order valence-corrected chi connectivity index (χ0v) is 21.5. The molecule has 14 nitrogen and oxygen atoms in total. The van der Waals surface area contributed by atoms with Crippen molar-refractivity contribution < 1.29 is 49.5 Å². The van der Waals surface area contributed by atoms with Gasteiger partial charge in [-0.05, 0) is 42.3 Å². The Labute approximate surface area is 228 Å². The van der Waals surface area contributed by atoms with E-state index >= 15 is 0 Å². The Hall–Kier alpha value is -4.69. The smallest absolute Gasteiger partial charge is 0.326 e. The number of nitrogens with two attached hydrogens (primary N) is 1. The number of rotatable bonds is 14. The highest BCUT2D eigenvalue weighted by molar-refractivity contribution is 5.95. The molecule has 0 heterocycles. The van der Waals surface area contributed by atoms with E-state index in [9.17, 15) is 44.4 Å². The van der Waals surface area contributed by atoms with E-state index in [2.05, 4.69) is 16.0 Å². The van der Waals surface area contributed by atoms with Gasteiger partial charge in [0.25, 0.3) is 0 Å². The molecule has 0 saturated carbocycles. The molecule has 0 radical (unpaired) electrons. The summed E-state index contributed by atoms with van der Waals surface area (Å²) in [5, 5.41) is 54.1. The summed E-state index contributed by atoms with van der Waals surface area (Å²) in [6, 6.07) is 5.40. The molecule has 10 N–H and O–H groups in total. The van der Waals surface area contributed by atoms with E-state index in [1.54, 1.807) is 0 Å². The maximum absolute atomic E-state index is 13.4. The number of nitrogens with one attached hydrogen (secondary N) is 3. The van der Waals surface area contributed by atoms with Crippen LogP contribution in [0.25, 0.3) is 0 Å². The summed E-state index contributed by atoms with van der Waals surface area (Å²) < 4.78 is 0. The molecule has 14 heteroatoms. The van der Waals surface area contributed by atoms with Crippen LogP contribution in [-0.2, 0) is 36.8 Å². The molecule has 2 rings (SSSR count). The quantitative estimate of drug-likeness (QED) is 0.130. The molecule has 0 fully saturated rings. The Morgan fingerprint density at radius 2 is 1.07 bits per heavy atom. The second-order valence-electron chi connectivity index (χ2n) is 9.13. The number of aromatic hydroxyl groups is 2. The third kappa shape index (κ3) is 9.89. The zero-order chi connectivity index (χ0) is 30.0. The molecule has 0 aliphatic carbocycles. The number of amides is 3. The molecule has 2 aromatic carbocycles. The number of phenolic OH excluding ortho intramolecular Hbond substituents is 2. The third-order valence-electron chi connectivity index (χ3n) is 5.83. The summed E-state index contributed by atoms with van der Waals surface area (Å²) in [4.78, 5) is 61.6. The van der Waals surface area contributed by atoms with Gasteiger partial charge in [0.15, 0.2) is 0 Å². The minimum absolute atomic E-state index is 0.0371. The second-order valence-corrected chi connectivity index (χ2v) is 9.13. The van der Waals surface area contributed by atoms with Crippen molar-refractivity contribution in [1.29, 1.82) is 0 Å². The number of carbonyl (C=O) groups excluding carboxylic acids is 3. The highest BCUT2D eigenvalue weighted by atomic mass is 16.4. The van der Waals surface area contributed by atoms with Gasteiger partial charge < -0.3 is 47.2 Å². The normalized spacial score (nSPS) is 14.6. The van der Waals surface area contributed by atoms with Crippen molar-refractivity contribution >= 4 is 29.7 Å². The van der Waals surface area contributed by atoms with Crippen LogP contribution in [0.5, 0.6) is 11.5 Å². The minimum Gasteiger partial charge on any atom is -0.508 e. The first kappa shape index (κ1) is 31.5. The highest BCUT2D eigenvalue weighted by Gasteiger charge is 2.32. The van der Waals surface area contributed by atoms with E-state index in [0.717, 1.165) is 0 Å². The molecule has 0 aliphatic heterocycles. The van der Waals surface area contributed by atoms with Crippen molar-refractivity contribution in [1.82, 2.24) is 16.0 Å². The van der Waals surface area contributed by atoms with Gasteiger partial charge in [0, 0.05) is 12.8 Å². The standard InChI is InChI=1S/C26H32N4O10/c1-13(31)22(27)25(38)29-19(11-15-4-8-17(33)9-5-15)23(36)28-18(10-14-2-6-16(32)7-3-14)24(37)30-20(26(39)40)12-21(34)35/h2-9,13,18-20,22,31-33H,10-12,27H2,1H3,(H,28,36)(H,29,38)(H,30,37)(H,34,35)(H,39,40). The molecule has 216 valence electrons. The number of carboxylic acid groups (broad SMARTS) is 2. The number of hydrogen-bond donors (Lipinski definition) is 9. The molecular formula is C26H32N4O10. The lowest BCUT2D eigenvalue weighted by atomic mass is 10.0. The van der Waals surface area contributed by atoms with Gasteiger partial charge in [-0.1, -0.05) is 24.3 Å². The van der Waals surface area contributed by atoms with Crippen molar-refractivity contribution in [2.45, 2.75) is 56.5 Å². The van der Waals surface area contributed by atoms with Gasteiger partial charge in [0.05, 0.1) is 12.5 Å². The van der Waals surface area contributed by atoms with Gasteiger partial charge >= 0.3 is 11.9 Å². The van der Waals surface area contributed by atoms with Crippen molar-refractivity contribution in [2.75, 3.05) is 0 Å². The van der Waals surface area contributed by atoms with Gasteiger partial charge in [0.1, 0.15) is 35.7 Å². The first-order valence-corrected chi connectivity index (χ1v) is 12.1. The first-order valence-electron chi connectivity index (χ1n) is 12.1. The predicted molar refractivity (Wildman–Crippen MR) is 139 cm³/mol. The fourth-order valence-corrected chi connectivity index (χ4v) is 3.56. The maximum Gasteiger partial charge on any atom is 0.326 e. The maximum atomic E-state index is 13.4. The number of hydrogen-bond acceptors (Lipinski definition) is 9. The second kappa shape index (κ2) is 14.5. The average Bonchev–Trinajstić information content (AvgIpc) is 2.88. The summed E-state index contributed by atoms with van der Waals surface area (Å²) in [5.74, 6) is -5.92. The summed E-state index contributed by atoms with van der Waals surface area (Å²) in [5.41, 5.74) is 6.66.